The molecule has 1 aliphatic heterocycles. The first-order valence-corrected chi connectivity index (χ1v) is 6.53. The fourth-order valence-corrected chi connectivity index (χ4v) is 2.43. The van der Waals surface area contributed by atoms with Gasteiger partial charge in [0, 0.05) is 31.5 Å². The predicted octanol–water partition coefficient (Wildman–Crippen LogP) is 2.46. The van der Waals surface area contributed by atoms with Crippen molar-refractivity contribution in [1.29, 1.82) is 0 Å². The molecule has 0 unspecified atom stereocenters. The van der Waals surface area contributed by atoms with E-state index in [0.717, 1.165) is 19.6 Å². The Morgan fingerprint density at radius 3 is 2.61 bits per heavy atom. The molecular formula is C15H21NO2. The van der Waals surface area contributed by atoms with Gasteiger partial charge in [-0.1, -0.05) is 44.2 Å². The van der Waals surface area contributed by atoms with Crippen LogP contribution in [0.3, 0.4) is 0 Å². The minimum atomic E-state index is -0.0993. The van der Waals surface area contributed by atoms with E-state index >= 15 is 0 Å². The smallest absolute Gasteiger partial charge is 0.305 e. The first-order chi connectivity index (χ1) is 8.61. The molecule has 3 heteroatoms. The Labute approximate surface area is 109 Å². The van der Waals surface area contributed by atoms with Gasteiger partial charge in [-0.15, -0.1) is 0 Å². The van der Waals surface area contributed by atoms with E-state index in [2.05, 4.69) is 36.1 Å². The average molecular weight is 247 g/mol. The van der Waals surface area contributed by atoms with Crippen molar-refractivity contribution in [3.63, 3.8) is 0 Å². The van der Waals surface area contributed by atoms with Gasteiger partial charge in [0.15, 0.2) is 0 Å². The van der Waals surface area contributed by atoms with Crippen molar-refractivity contribution >= 4 is 5.97 Å². The predicted molar refractivity (Wildman–Crippen MR) is 71.1 cm³/mol. The Kier molecular flexibility index (Phi) is 4.02. The molecule has 0 aromatic heterocycles. The van der Waals surface area contributed by atoms with Crippen molar-refractivity contribution in [3.8, 4) is 0 Å². The highest BCUT2D eigenvalue weighted by molar-refractivity contribution is 5.68. The summed E-state index contributed by atoms with van der Waals surface area (Å²) in [7, 11) is 0. The maximum atomic E-state index is 11.1. The van der Waals surface area contributed by atoms with E-state index in [4.69, 9.17) is 4.74 Å². The number of esters is 1. The van der Waals surface area contributed by atoms with Crippen molar-refractivity contribution in [1.82, 2.24) is 4.90 Å². The van der Waals surface area contributed by atoms with Crippen molar-refractivity contribution in [2.45, 2.75) is 26.8 Å². The molecule has 1 heterocycles. The molecule has 98 valence electrons. The zero-order valence-electron chi connectivity index (χ0n) is 11.2. The van der Waals surface area contributed by atoms with E-state index in [-0.39, 0.29) is 11.4 Å². The zero-order valence-corrected chi connectivity index (χ0v) is 11.2. The molecule has 1 saturated heterocycles. The van der Waals surface area contributed by atoms with Crippen LogP contribution in [-0.2, 0) is 16.1 Å². The molecule has 0 amide bonds. The molecule has 0 atom stereocenters. The number of rotatable bonds is 5. The second kappa shape index (κ2) is 5.53. The fraction of sp³-hybridized carbons (Fsp3) is 0.533. The number of carbonyl (C=O) groups excluding carboxylic acids is 1. The summed E-state index contributed by atoms with van der Waals surface area (Å²) >= 11 is 0. The first kappa shape index (κ1) is 13.1. The molecule has 0 saturated carbocycles. The van der Waals surface area contributed by atoms with Gasteiger partial charge in [-0.25, -0.2) is 0 Å². The fourth-order valence-electron chi connectivity index (χ4n) is 2.43. The number of ether oxygens (including phenoxy) is 1. The lowest BCUT2D eigenvalue weighted by molar-refractivity contribution is -0.151. The largest absolute Gasteiger partial charge is 0.465 e. The summed E-state index contributed by atoms with van der Waals surface area (Å²) in [5, 5.41) is 0. The van der Waals surface area contributed by atoms with E-state index in [9.17, 15) is 4.79 Å². The van der Waals surface area contributed by atoms with Crippen LogP contribution < -0.4 is 0 Å². The SMILES string of the molecule is CCC(=O)OCC1(C)CN(Cc2ccccc2)C1. The quantitative estimate of drug-likeness (QED) is 0.749. The van der Waals surface area contributed by atoms with Gasteiger partial charge in [-0.3, -0.25) is 9.69 Å². The second-order valence-electron chi connectivity index (χ2n) is 5.46. The van der Waals surface area contributed by atoms with Crippen molar-refractivity contribution in [2.75, 3.05) is 19.7 Å². The number of hydrogen-bond donors (Lipinski definition) is 0. The number of carbonyl (C=O) groups is 1. The number of hydrogen-bond acceptors (Lipinski definition) is 3. The summed E-state index contributed by atoms with van der Waals surface area (Å²) < 4.78 is 5.23. The lowest BCUT2D eigenvalue weighted by Crippen LogP contribution is -2.56. The third kappa shape index (κ3) is 3.33. The molecule has 1 aliphatic rings. The van der Waals surface area contributed by atoms with Crippen LogP contribution in [0.4, 0.5) is 0 Å². The molecule has 0 N–H and O–H groups in total. The number of nitrogens with zero attached hydrogens (tertiary/aromatic N) is 1. The second-order valence-corrected chi connectivity index (χ2v) is 5.46. The zero-order chi connectivity index (χ0) is 13.0. The van der Waals surface area contributed by atoms with Gasteiger partial charge >= 0.3 is 5.97 Å². The Bertz CT molecular complexity index is 396. The van der Waals surface area contributed by atoms with Crippen LogP contribution in [0.25, 0.3) is 0 Å². The van der Waals surface area contributed by atoms with Gasteiger partial charge in [0.1, 0.15) is 0 Å². The van der Waals surface area contributed by atoms with Gasteiger partial charge in [0.2, 0.25) is 0 Å². The van der Waals surface area contributed by atoms with Crippen molar-refractivity contribution in [3.05, 3.63) is 35.9 Å². The molecule has 2 rings (SSSR count). The van der Waals surface area contributed by atoms with Gasteiger partial charge in [-0.05, 0) is 5.56 Å². The normalized spacial score (nSPS) is 18.1. The van der Waals surface area contributed by atoms with E-state index in [1.54, 1.807) is 0 Å². The molecule has 0 aliphatic carbocycles. The Hall–Kier alpha value is -1.35. The number of benzene rings is 1. The highest BCUT2D eigenvalue weighted by atomic mass is 16.5. The van der Waals surface area contributed by atoms with Gasteiger partial charge in [0.25, 0.3) is 0 Å². The molecule has 3 nitrogen and oxygen atoms in total. The van der Waals surface area contributed by atoms with Crippen LogP contribution >= 0.6 is 0 Å². The summed E-state index contributed by atoms with van der Waals surface area (Å²) in [4.78, 5) is 13.5. The van der Waals surface area contributed by atoms with Gasteiger partial charge in [0.05, 0.1) is 6.61 Å². The van der Waals surface area contributed by atoms with E-state index in [0.29, 0.717) is 13.0 Å². The monoisotopic (exact) mass is 247 g/mol. The van der Waals surface area contributed by atoms with Crippen LogP contribution in [0.1, 0.15) is 25.8 Å². The summed E-state index contributed by atoms with van der Waals surface area (Å²) in [6, 6.07) is 10.5. The lowest BCUT2D eigenvalue weighted by Gasteiger charge is -2.47. The van der Waals surface area contributed by atoms with Crippen LogP contribution in [-0.4, -0.2) is 30.6 Å². The topological polar surface area (TPSA) is 29.5 Å². The summed E-state index contributed by atoms with van der Waals surface area (Å²) in [6.45, 7) is 7.53. The summed E-state index contributed by atoms with van der Waals surface area (Å²) in [5.74, 6) is -0.0993. The molecule has 0 radical (unpaired) electrons. The minimum Gasteiger partial charge on any atom is -0.465 e. The van der Waals surface area contributed by atoms with Crippen LogP contribution in [0.5, 0.6) is 0 Å². The first-order valence-electron chi connectivity index (χ1n) is 6.53. The maximum absolute atomic E-state index is 11.1. The van der Waals surface area contributed by atoms with E-state index < -0.39 is 0 Å². The average Bonchev–Trinajstić information content (AvgIpc) is 2.35. The third-order valence-electron chi connectivity index (χ3n) is 3.33. The lowest BCUT2D eigenvalue weighted by atomic mass is 9.82. The highest BCUT2D eigenvalue weighted by Crippen LogP contribution is 2.31. The molecule has 0 spiro atoms. The van der Waals surface area contributed by atoms with Crippen LogP contribution in [0.15, 0.2) is 30.3 Å². The highest BCUT2D eigenvalue weighted by Gasteiger charge is 2.39. The molecule has 1 aromatic carbocycles. The molecule has 0 bridgehead atoms. The molecule has 1 aromatic rings. The maximum Gasteiger partial charge on any atom is 0.305 e. The van der Waals surface area contributed by atoms with Crippen LogP contribution in [0.2, 0.25) is 0 Å². The molecule has 18 heavy (non-hydrogen) atoms. The van der Waals surface area contributed by atoms with E-state index in [1.807, 2.05) is 13.0 Å². The Morgan fingerprint density at radius 1 is 1.33 bits per heavy atom. The standard InChI is InChI=1S/C15H21NO2/c1-3-14(17)18-12-15(2)10-16(11-15)9-13-7-5-4-6-8-13/h4-8H,3,9-12H2,1-2H3. The molecular weight excluding hydrogens is 226 g/mol. The van der Waals surface area contributed by atoms with Gasteiger partial charge in [-0.2, -0.15) is 0 Å². The number of likely N-dealkylation sites (tertiary alicyclic amines) is 1. The Balaban J connectivity index is 1.74. The summed E-state index contributed by atoms with van der Waals surface area (Å²) in [6.07, 6.45) is 0.462. The summed E-state index contributed by atoms with van der Waals surface area (Å²) in [5.41, 5.74) is 1.48. The van der Waals surface area contributed by atoms with Gasteiger partial charge < -0.3 is 4.74 Å². The van der Waals surface area contributed by atoms with E-state index in [1.165, 1.54) is 5.56 Å². The Morgan fingerprint density at radius 2 is 2.00 bits per heavy atom. The minimum absolute atomic E-state index is 0.0993. The third-order valence-corrected chi connectivity index (χ3v) is 3.33. The molecule has 1 fully saturated rings. The van der Waals surface area contributed by atoms with Crippen molar-refractivity contribution in [2.24, 2.45) is 5.41 Å². The van der Waals surface area contributed by atoms with Crippen LogP contribution in [0, 0.1) is 5.41 Å². The van der Waals surface area contributed by atoms with Crippen molar-refractivity contribution < 1.29 is 9.53 Å².